The molecule has 1 N–H and O–H groups in total. The zero-order chi connectivity index (χ0) is 13.8. The van der Waals surface area contributed by atoms with Crippen molar-refractivity contribution in [1.82, 2.24) is 4.90 Å². The number of hydrogen-bond acceptors (Lipinski definition) is 2. The van der Waals surface area contributed by atoms with Gasteiger partial charge < -0.3 is 10.0 Å². The molecule has 2 unspecified atom stereocenters. The van der Waals surface area contributed by atoms with Crippen LogP contribution in [0.15, 0.2) is 0 Å². The Morgan fingerprint density at radius 3 is 2.21 bits per heavy atom. The number of carbonyl (C=O) groups is 2. The number of amides is 1. The van der Waals surface area contributed by atoms with Gasteiger partial charge in [0.1, 0.15) is 0 Å². The maximum absolute atomic E-state index is 12.6. The summed E-state index contributed by atoms with van der Waals surface area (Å²) in [5, 5.41) is 9.03. The highest BCUT2D eigenvalue weighted by Gasteiger charge is 2.37. The van der Waals surface area contributed by atoms with E-state index in [2.05, 4.69) is 0 Å². The van der Waals surface area contributed by atoms with E-state index in [9.17, 15) is 9.59 Å². The molecule has 2 aliphatic rings. The standard InChI is InChI=1S/C15H25NO3/c1-2-16(13-6-4-3-5-7-13)14(17)11-8-9-12(10-11)15(18)19/h11-13H,2-10H2,1H3,(H,18,19). The van der Waals surface area contributed by atoms with Gasteiger partial charge in [-0.15, -0.1) is 0 Å². The van der Waals surface area contributed by atoms with E-state index in [1.165, 1.54) is 19.3 Å². The number of carbonyl (C=O) groups excluding carboxylic acids is 1. The summed E-state index contributed by atoms with van der Waals surface area (Å²) >= 11 is 0. The molecule has 0 aromatic carbocycles. The smallest absolute Gasteiger partial charge is 0.306 e. The highest BCUT2D eigenvalue weighted by atomic mass is 16.4. The number of nitrogens with zero attached hydrogens (tertiary/aromatic N) is 1. The number of carboxylic acids is 1. The third-order valence-electron chi connectivity index (χ3n) is 4.77. The Labute approximate surface area is 115 Å². The molecule has 0 saturated heterocycles. The minimum absolute atomic E-state index is 0.0528. The highest BCUT2D eigenvalue weighted by Crippen LogP contribution is 2.34. The lowest BCUT2D eigenvalue weighted by atomic mass is 9.92. The Morgan fingerprint density at radius 2 is 1.68 bits per heavy atom. The molecule has 2 atom stereocenters. The largest absolute Gasteiger partial charge is 0.481 e. The average molecular weight is 267 g/mol. The van der Waals surface area contributed by atoms with Crippen molar-refractivity contribution in [3.63, 3.8) is 0 Å². The van der Waals surface area contributed by atoms with Crippen LogP contribution in [0.1, 0.15) is 58.3 Å². The summed E-state index contributed by atoms with van der Waals surface area (Å²) in [6.07, 6.45) is 7.91. The minimum atomic E-state index is -0.740. The average Bonchev–Trinajstić information content (AvgIpc) is 2.90. The first kappa shape index (κ1) is 14.4. The van der Waals surface area contributed by atoms with E-state index in [1.807, 2.05) is 11.8 Å². The zero-order valence-corrected chi connectivity index (χ0v) is 11.8. The lowest BCUT2D eigenvalue weighted by Crippen LogP contribution is -2.44. The first-order valence-electron chi connectivity index (χ1n) is 7.66. The van der Waals surface area contributed by atoms with Crippen molar-refractivity contribution < 1.29 is 14.7 Å². The summed E-state index contributed by atoms with van der Waals surface area (Å²) in [7, 11) is 0. The Balaban J connectivity index is 1.95. The van der Waals surface area contributed by atoms with E-state index in [1.54, 1.807) is 0 Å². The van der Waals surface area contributed by atoms with E-state index in [0.717, 1.165) is 25.8 Å². The van der Waals surface area contributed by atoms with Crippen LogP contribution in [0.25, 0.3) is 0 Å². The normalized spacial score (nSPS) is 28.3. The van der Waals surface area contributed by atoms with E-state index in [4.69, 9.17) is 5.11 Å². The molecular weight excluding hydrogens is 242 g/mol. The van der Waals surface area contributed by atoms with Crippen LogP contribution in [0.5, 0.6) is 0 Å². The van der Waals surface area contributed by atoms with Crippen LogP contribution in [0.4, 0.5) is 0 Å². The quantitative estimate of drug-likeness (QED) is 0.852. The van der Waals surface area contributed by atoms with Crippen LogP contribution < -0.4 is 0 Å². The first-order chi connectivity index (χ1) is 9.13. The van der Waals surface area contributed by atoms with Crippen LogP contribution in [0, 0.1) is 11.8 Å². The molecule has 4 nitrogen and oxygen atoms in total. The second-order valence-corrected chi connectivity index (χ2v) is 5.96. The number of rotatable bonds is 4. The van der Waals surface area contributed by atoms with Gasteiger partial charge in [0, 0.05) is 18.5 Å². The Kier molecular flexibility index (Phi) is 4.83. The van der Waals surface area contributed by atoms with Gasteiger partial charge in [0.05, 0.1) is 5.92 Å². The molecule has 0 heterocycles. The van der Waals surface area contributed by atoms with Crippen molar-refractivity contribution in [3.8, 4) is 0 Å². The maximum atomic E-state index is 12.6. The van der Waals surface area contributed by atoms with Gasteiger partial charge in [-0.3, -0.25) is 9.59 Å². The summed E-state index contributed by atoms with van der Waals surface area (Å²) in [5.41, 5.74) is 0. The molecule has 0 spiro atoms. The zero-order valence-electron chi connectivity index (χ0n) is 11.8. The number of aliphatic carboxylic acids is 1. The number of hydrogen-bond donors (Lipinski definition) is 1. The van der Waals surface area contributed by atoms with Crippen molar-refractivity contribution in [2.75, 3.05) is 6.54 Å². The van der Waals surface area contributed by atoms with E-state index < -0.39 is 5.97 Å². The van der Waals surface area contributed by atoms with Crippen molar-refractivity contribution in [2.24, 2.45) is 11.8 Å². The molecule has 1 amide bonds. The lowest BCUT2D eigenvalue weighted by molar-refractivity contribution is -0.142. The van der Waals surface area contributed by atoms with Crippen molar-refractivity contribution in [1.29, 1.82) is 0 Å². The van der Waals surface area contributed by atoms with Crippen molar-refractivity contribution >= 4 is 11.9 Å². The first-order valence-corrected chi connectivity index (χ1v) is 7.66. The second kappa shape index (κ2) is 6.40. The fraction of sp³-hybridized carbons (Fsp3) is 0.867. The molecule has 4 heteroatoms. The number of carboxylic acid groups (broad SMARTS) is 1. The molecule has 0 radical (unpaired) electrons. The Morgan fingerprint density at radius 1 is 1.05 bits per heavy atom. The molecule has 0 bridgehead atoms. The molecular formula is C15H25NO3. The van der Waals surface area contributed by atoms with Gasteiger partial charge in [0.25, 0.3) is 0 Å². The fourth-order valence-corrected chi connectivity index (χ4v) is 3.65. The van der Waals surface area contributed by atoms with Gasteiger partial charge in [-0.05, 0) is 39.0 Å². The molecule has 2 rings (SSSR count). The van der Waals surface area contributed by atoms with Gasteiger partial charge in [0.15, 0.2) is 0 Å². The van der Waals surface area contributed by atoms with Crippen molar-refractivity contribution in [2.45, 2.75) is 64.3 Å². The van der Waals surface area contributed by atoms with Gasteiger partial charge in [-0.1, -0.05) is 19.3 Å². The highest BCUT2D eigenvalue weighted by molar-refractivity contribution is 5.81. The molecule has 2 saturated carbocycles. The summed E-state index contributed by atoms with van der Waals surface area (Å²) in [4.78, 5) is 25.6. The summed E-state index contributed by atoms with van der Waals surface area (Å²) in [6.45, 7) is 2.80. The SMILES string of the molecule is CCN(C(=O)C1CCC(C(=O)O)C1)C1CCCCC1. The van der Waals surface area contributed by atoms with Crippen LogP contribution in [-0.2, 0) is 9.59 Å². The minimum Gasteiger partial charge on any atom is -0.481 e. The maximum Gasteiger partial charge on any atom is 0.306 e. The van der Waals surface area contributed by atoms with Crippen LogP contribution in [-0.4, -0.2) is 34.5 Å². The molecule has 108 valence electrons. The fourth-order valence-electron chi connectivity index (χ4n) is 3.65. The summed E-state index contributed by atoms with van der Waals surface area (Å²) in [5.74, 6) is -0.892. The molecule has 0 aromatic rings. The van der Waals surface area contributed by atoms with Gasteiger partial charge >= 0.3 is 5.97 Å². The van der Waals surface area contributed by atoms with Crippen LogP contribution >= 0.6 is 0 Å². The summed E-state index contributed by atoms with van der Waals surface area (Å²) in [6, 6.07) is 0.398. The molecule has 0 aromatic heterocycles. The Bertz CT molecular complexity index is 336. The predicted molar refractivity (Wildman–Crippen MR) is 72.7 cm³/mol. The van der Waals surface area contributed by atoms with E-state index in [-0.39, 0.29) is 17.7 Å². The van der Waals surface area contributed by atoms with Gasteiger partial charge in [0.2, 0.25) is 5.91 Å². The monoisotopic (exact) mass is 267 g/mol. The van der Waals surface area contributed by atoms with Gasteiger partial charge in [-0.2, -0.15) is 0 Å². The molecule has 19 heavy (non-hydrogen) atoms. The van der Waals surface area contributed by atoms with Crippen LogP contribution in [0.2, 0.25) is 0 Å². The Hall–Kier alpha value is -1.06. The second-order valence-electron chi connectivity index (χ2n) is 5.96. The van der Waals surface area contributed by atoms with Crippen molar-refractivity contribution in [3.05, 3.63) is 0 Å². The lowest BCUT2D eigenvalue weighted by Gasteiger charge is -2.35. The molecule has 0 aliphatic heterocycles. The van der Waals surface area contributed by atoms with E-state index in [0.29, 0.717) is 18.9 Å². The van der Waals surface area contributed by atoms with Gasteiger partial charge in [-0.25, -0.2) is 0 Å². The molecule has 2 fully saturated rings. The van der Waals surface area contributed by atoms with Crippen LogP contribution in [0.3, 0.4) is 0 Å². The molecule has 2 aliphatic carbocycles. The topological polar surface area (TPSA) is 57.6 Å². The van der Waals surface area contributed by atoms with E-state index >= 15 is 0 Å². The predicted octanol–water partition coefficient (Wildman–Crippen LogP) is 2.67. The third kappa shape index (κ3) is 3.28. The third-order valence-corrected chi connectivity index (χ3v) is 4.77. The summed E-state index contributed by atoms with van der Waals surface area (Å²) < 4.78 is 0.